The SMILES string of the molecule is CCC(C)(C#N)C(=O)NCCS(=O)(=O)NC. The number of sulfonamides is 1. The molecule has 0 saturated carbocycles. The first-order valence-corrected chi connectivity index (χ1v) is 6.57. The maximum Gasteiger partial charge on any atom is 0.240 e. The summed E-state index contributed by atoms with van der Waals surface area (Å²) in [6.45, 7) is 3.25. The fourth-order valence-electron chi connectivity index (χ4n) is 0.886. The van der Waals surface area contributed by atoms with E-state index in [-0.39, 0.29) is 12.3 Å². The molecule has 0 aromatic heterocycles. The minimum absolute atomic E-state index is 0.000718. The molecule has 0 aliphatic heterocycles. The molecule has 0 aromatic rings. The molecule has 0 saturated heterocycles. The first-order valence-electron chi connectivity index (χ1n) is 4.92. The minimum Gasteiger partial charge on any atom is -0.354 e. The third-order valence-corrected chi connectivity index (χ3v) is 3.79. The second-order valence-electron chi connectivity index (χ2n) is 3.58. The maximum atomic E-state index is 11.6. The van der Waals surface area contributed by atoms with Crippen LogP contribution in [-0.2, 0) is 14.8 Å². The molecule has 6 nitrogen and oxygen atoms in total. The molecule has 0 bridgehead atoms. The number of rotatable bonds is 6. The molecule has 0 aliphatic carbocycles. The van der Waals surface area contributed by atoms with Gasteiger partial charge >= 0.3 is 0 Å². The van der Waals surface area contributed by atoms with E-state index >= 15 is 0 Å². The van der Waals surface area contributed by atoms with E-state index in [9.17, 15) is 13.2 Å². The molecule has 0 heterocycles. The van der Waals surface area contributed by atoms with E-state index in [1.807, 2.05) is 6.07 Å². The van der Waals surface area contributed by atoms with Crippen molar-refractivity contribution in [3.8, 4) is 6.07 Å². The average molecular weight is 247 g/mol. The average Bonchev–Trinajstić information content (AvgIpc) is 2.27. The van der Waals surface area contributed by atoms with Gasteiger partial charge < -0.3 is 5.32 Å². The van der Waals surface area contributed by atoms with Gasteiger partial charge in [0.1, 0.15) is 5.41 Å². The highest BCUT2D eigenvalue weighted by Gasteiger charge is 2.30. The van der Waals surface area contributed by atoms with Crippen molar-refractivity contribution in [3.63, 3.8) is 0 Å². The van der Waals surface area contributed by atoms with Gasteiger partial charge in [-0.25, -0.2) is 13.1 Å². The Hall–Kier alpha value is -1.13. The van der Waals surface area contributed by atoms with Crippen molar-refractivity contribution < 1.29 is 13.2 Å². The summed E-state index contributed by atoms with van der Waals surface area (Å²) in [4.78, 5) is 11.6. The van der Waals surface area contributed by atoms with Crippen LogP contribution in [0.4, 0.5) is 0 Å². The van der Waals surface area contributed by atoms with Gasteiger partial charge in [-0.2, -0.15) is 5.26 Å². The van der Waals surface area contributed by atoms with Gasteiger partial charge in [-0.3, -0.25) is 4.79 Å². The Bertz CT molecular complexity index is 385. The third-order valence-electron chi connectivity index (χ3n) is 2.42. The highest BCUT2D eigenvalue weighted by Crippen LogP contribution is 2.19. The quantitative estimate of drug-likeness (QED) is 0.666. The van der Waals surface area contributed by atoms with Crippen LogP contribution in [0, 0.1) is 16.7 Å². The molecule has 1 amide bonds. The molecular formula is C9H17N3O3S. The molecule has 16 heavy (non-hydrogen) atoms. The largest absolute Gasteiger partial charge is 0.354 e. The van der Waals surface area contributed by atoms with E-state index in [0.29, 0.717) is 6.42 Å². The van der Waals surface area contributed by atoms with Crippen LogP contribution in [0.25, 0.3) is 0 Å². The topological polar surface area (TPSA) is 99.1 Å². The minimum atomic E-state index is -3.32. The van der Waals surface area contributed by atoms with E-state index in [0.717, 1.165) is 0 Å². The van der Waals surface area contributed by atoms with E-state index in [4.69, 9.17) is 5.26 Å². The fourth-order valence-corrected chi connectivity index (χ4v) is 1.46. The zero-order chi connectivity index (χ0) is 12.8. The first-order chi connectivity index (χ1) is 7.31. The van der Waals surface area contributed by atoms with Gasteiger partial charge in [-0.15, -0.1) is 0 Å². The van der Waals surface area contributed by atoms with Gasteiger partial charge in [-0.05, 0) is 20.4 Å². The molecule has 0 aromatic carbocycles. The Morgan fingerprint density at radius 3 is 2.44 bits per heavy atom. The number of hydrogen-bond acceptors (Lipinski definition) is 4. The van der Waals surface area contributed by atoms with E-state index in [2.05, 4.69) is 10.0 Å². The van der Waals surface area contributed by atoms with E-state index in [1.54, 1.807) is 6.92 Å². The van der Waals surface area contributed by atoms with Gasteiger partial charge in [0.15, 0.2) is 0 Å². The molecule has 0 spiro atoms. The summed E-state index contributed by atoms with van der Waals surface area (Å²) >= 11 is 0. The van der Waals surface area contributed by atoms with Crippen LogP contribution in [0.5, 0.6) is 0 Å². The number of nitriles is 1. The highest BCUT2D eigenvalue weighted by atomic mass is 32.2. The van der Waals surface area contributed by atoms with Crippen molar-refractivity contribution in [1.29, 1.82) is 5.26 Å². The van der Waals surface area contributed by atoms with Crippen molar-refractivity contribution in [1.82, 2.24) is 10.0 Å². The van der Waals surface area contributed by atoms with Crippen LogP contribution in [0.15, 0.2) is 0 Å². The van der Waals surface area contributed by atoms with Crippen LogP contribution in [0.3, 0.4) is 0 Å². The van der Waals surface area contributed by atoms with Crippen molar-refractivity contribution in [3.05, 3.63) is 0 Å². The van der Waals surface area contributed by atoms with Crippen LogP contribution in [0.2, 0.25) is 0 Å². The van der Waals surface area contributed by atoms with Crippen molar-refractivity contribution >= 4 is 15.9 Å². The maximum absolute atomic E-state index is 11.6. The standard InChI is InChI=1S/C9H17N3O3S/c1-4-9(2,7-10)8(13)12-5-6-16(14,15)11-3/h11H,4-6H2,1-3H3,(H,12,13). The summed E-state index contributed by atoms with van der Waals surface area (Å²) in [7, 11) is -2.01. The van der Waals surface area contributed by atoms with Gasteiger partial charge in [-0.1, -0.05) is 6.92 Å². The molecule has 0 rings (SSSR count). The number of nitrogens with one attached hydrogen (secondary N) is 2. The van der Waals surface area contributed by atoms with Crippen LogP contribution in [-0.4, -0.2) is 33.7 Å². The molecule has 1 atom stereocenters. The smallest absolute Gasteiger partial charge is 0.240 e. The lowest BCUT2D eigenvalue weighted by atomic mass is 9.88. The normalized spacial score (nSPS) is 14.9. The number of hydrogen-bond donors (Lipinski definition) is 2. The van der Waals surface area contributed by atoms with E-state index < -0.39 is 21.3 Å². The highest BCUT2D eigenvalue weighted by molar-refractivity contribution is 7.89. The predicted molar refractivity (Wildman–Crippen MR) is 59.9 cm³/mol. The summed E-state index contributed by atoms with van der Waals surface area (Å²) in [5.74, 6) is -0.635. The zero-order valence-corrected chi connectivity index (χ0v) is 10.5. The van der Waals surface area contributed by atoms with Gasteiger partial charge in [0.2, 0.25) is 15.9 Å². The monoisotopic (exact) mass is 247 g/mol. The lowest BCUT2D eigenvalue weighted by Gasteiger charge is -2.18. The molecular weight excluding hydrogens is 230 g/mol. The summed E-state index contributed by atoms with van der Waals surface area (Å²) in [6.07, 6.45) is 0.383. The van der Waals surface area contributed by atoms with Crippen molar-refractivity contribution in [2.75, 3.05) is 19.3 Å². The van der Waals surface area contributed by atoms with E-state index in [1.165, 1.54) is 14.0 Å². The van der Waals surface area contributed by atoms with Crippen LogP contribution in [0.1, 0.15) is 20.3 Å². The molecule has 92 valence electrons. The molecule has 0 radical (unpaired) electrons. The predicted octanol–water partition coefficient (Wildman–Crippen LogP) is -0.408. The molecule has 1 unspecified atom stereocenters. The first kappa shape index (κ1) is 14.9. The van der Waals surface area contributed by atoms with Gasteiger partial charge in [0.25, 0.3) is 0 Å². The lowest BCUT2D eigenvalue weighted by molar-refractivity contribution is -0.127. The second kappa shape index (κ2) is 5.82. The van der Waals surface area contributed by atoms with Crippen molar-refractivity contribution in [2.24, 2.45) is 5.41 Å². The zero-order valence-electron chi connectivity index (χ0n) is 9.70. The Morgan fingerprint density at radius 1 is 1.50 bits per heavy atom. The second-order valence-corrected chi connectivity index (χ2v) is 5.62. The Morgan fingerprint density at radius 2 is 2.06 bits per heavy atom. The summed E-state index contributed by atoms with van der Waals surface area (Å²) in [5, 5.41) is 11.3. The summed E-state index contributed by atoms with van der Waals surface area (Å²) in [6, 6.07) is 1.91. The van der Waals surface area contributed by atoms with Gasteiger partial charge in [0, 0.05) is 6.54 Å². The number of amides is 1. The van der Waals surface area contributed by atoms with Crippen LogP contribution >= 0.6 is 0 Å². The molecule has 2 N–H and O–H groups in total. The summed E-state index contributed by atoms with van der Waals surface area (Å²) in [5.41, 5.74) is -1.09. The summed E-state index contributed by atoms with van der Waals surface area (Å²) < 4.78 is 24.2. The Labute approximate surface area is 96.1 Å². The molecule has 0 fully saturated rings. The van der Waals surface area contributed by atoms with Crippen LogP contribution < -0.4 is 10.0 Å². The fraction of sp³-hybridized carbons (Fsp3) is 0.778. The Balaban J connectivity index is 4.26. The lowest BCUT2D eigenvalue weighted by Crippen LogP contribution is -2.40. The number of carbonyl (C=O) groups is 1. The Kier molecular flexibility index (Phi) is 5.41. The molecule has 7 heteroatoms. The molecule has 0 aliphatic rings. The number of nitrogens with zero attached hydrogens (tertiary/aromatic N) is 1. The number of carbonyl (C=O) groups excluding carboxylic acids is 1. The van der Waals surface area contributed by atoms with Gasteiger partial charge in [0.05, 0.1) is 11.8 Å². The third kappa shape index (κ3) is 4.16. The van der Waals surface area contributed by atoms with Crippen molar-refractivity contribution in [2.45, 2.75) is 20.3 Å².